The molecule has 0 radical (unpaired) electrons. The van der Waals surface area contributed by atoms with Crippen molar-refractivity contribution < 1.29 is 14.3 Å². The number of carbonyl (C=O) groups excluding carboxylic acids is 2. The average Bonchev–Trinajstić information content (AvgIpc) is 3.00. The van der Waals surface area contributed by atoms with E-state index in [-0.39, 0.29) is 29.0 Å². The monoisotopic (exact) mass is 359 g/mol. The second-order valence-corrected chi connectivity index (χ2v) is 8.70. The number of Topliss-reactive ketones (excluding diaryl/α,β-unsaturated/α-hetero) is 1. The number of esters is 1. The number of methoxy groups -OCH3 is 1. The summed E-state index contributed by atoms with van der Waals surface area (Å²) in [4.78, 5) is 27.8. The minimum atomic E-state index is -0.363. The molecule has 0 bridgehead atoms. The van der Waals surface area contributed by atoms with Crippen LogP contribution in [0.5, 0.6) is 0 Å². The molecule has 0 aromatic carbocycles. The molecule has 1 aliphatic heterocycles. The summed E-state index contributed by atoms with van der Waals surface area (Å²) in [5.74, 6) is -0.790. The van der Waals surface area contributed by atoms with Crippen LogP contribution in [0.1, 0.15) is 49.8 Å². The van der Waals surface area contributed by atoms with E-state index in [4.69, 9.17) is 4.74 Å². The zero-order valence-electron chi connectivity index (χ0n) is 15.4. The number of rotatable bonds is 3. The lowest BCUT2D eigenvalue weighted by atomic mass is 9.68. The quantitative estimate of drug-likeness (QED) is 0.831. The molecule has 3 rings (SSSR count). The van der Waals surface area contributed by atoms with Crippen molar-refractivity contribution in [3.8, 4) is 0 Å². The molecule has 1 aromatic rings. The largest absolute Gasteiger partial charge is 0.466 e. The molecule has 2 atom stereocenters. The molecule has 0 saturated heterocycles. The van der Waals surface area contributed by atoms with E-state index in [1.807, 2.05) is 6.92 Å². The molecule has 134 valence electrons. The fourth-order valence-electron chi connectivity index (χ4n) is 3.91. The van der Waals surface area contributed by atoms with Crippen molar-refractivity contribution in [1.29, 1.82) is 0 Å². The van der Waals surface area contributed by atoms with Crippen LogP contribution in [0.25, 0.3) is 0 Å². The third kappa shape index (κ3) is 3.17. The summed E-state index contributed by atoms with van der Waals surface area (Å²) in [6.45, 7) is 8.14. The first kappa shape index (κ1) is 17.9. The normalized spacial score (nSPS) is 25.2. The second kappa shape index (κ2) is 6.45. The zero-order valence-corrected chi connectivity index (χ0v) is 16.3. The minimum Gasteiger partial charge on any atom is -0.466 e. The molecule has 0 saturated carbocycles. The van der Waals surface area contributed by atoms with E-state index in [1.165, 1.54) is 12.0 Å². The number of ketones is 1. The lowest BCUT2D eigenvalue weighted by Gasteiger charge is -2.40. The summed E-state index contributed by atoms with van der Waals surface area (Å²) in [6.07, 6.45) is 3.58. The highest BCUT2D eigenvalue weighted by molar-refractivity contribution is 7.12. The van der Waals surface area contributed by atoms with Crippen molar-refractivity contribution in [3.63, 3.8) is 0 Å². The Labute approximate surface area is 153 Å². The summed E-state index contributed by atoms with van der Waals surface area (Å²) in [7, 11) is 1.39. The molecule has 5 heteroatoms. The highest BCUT2D eigenvalue weighted by Gasteiger charge is 2.46. The van der Waals surface area contributed by atoms with Gasteiger partial charge in [0.1, 0.15) is 5.78 Å². The van der Waals surface area contributed by atoms with E-state index in [2.05, 4.69) is 44.3 Å². The Bertz CT molecular complexity index is 785. The third-order valence-corrected chi connectivity index (χ3v) is 6.29. The van der Waals surface area contributed by atoms with Gasteiger partial charge in [-0.25, -0.2) is 4.79 Å². The average molecular weight is 359 g/mol. The summed E-state index contributed by atoms with van der Waals surface area (Å²) in [5.41, 5.74) is 2.09. The van der Waals surface area contributed by atoms with Crippen LogP contribution >= 0.6 is 11.3 Å². The van der Waals surface area contributed by atoms with Gasteiger partial charge in [0.05, 0.1) is 18.6 Å². The third-order valence-electron chi connectivity index (χ3n) is 4.98. The first-order chi connectivity index (χ1) is 11.8. The Morgan fingerprint density at radius 2 is 2.08 bits per heavy atom. The predicted molar refractivity (Wildman–Crippen MR) is 99.3 cm³/mol. The van der Waals surface area contributed by atoms with Crippen LogP contribution < -0.4 is 5.32 Å². The number of hydrogen-bond donors (Lipinski definition) is 1. The van der Waals surface area contributed by atoms with Gasteiger partial charge < -0.3 is 10.1 Å². The number of allylic oxidation sites excluding steroid dienone is 3. The highest BCUT2D eigenvalue weighted by atomic mass is 32.1. The topological polar surface area (TPSA) is 55.4 Å². The van der Waals surface area contributed by atoms with Crippen molar-refractivity contribution in [1.82, 2.24) is 5.32 Å². The van der Waals surface area contributed by atoms with Crippen LogP contribution in [0.4, 0.5) is 0 Å². The van der Waals surface area contributed by atoms with Gasteiger partial charge in [-0.1, -0.05) is 26.8 Å². The zero-order chi connectivity index (χ0) is 18.4. The molecule has 0 amide bonds. The Hall–Kier alpha value is -1.88. The summed E-state index contributed by atoms with van der Waals surface area (Å²) < 4.78 is 5.04. The lowest BCUT2D eigenvalue weighted by molar-refractivity contribution is -0.136. The van der Waals surface area contributed by atoms with Gasteiger partial charge in [-0.2, -0.15) is 0 Å². The number of fused-ring (bicyclic) bond motifs is 1. The first-order valence-corrected chi connectivity index (χ1v) is 9.49. The van der Waals surface area contributed by atoms with Gasteiger partial charge >= 0.3 is 5.97 Å². The van der Waals surface area contributed by atoms with Crippen molar-refractivity contribution in [3.05, 3.63) is 44.9 Å². The van der Waals surface area contributed by atoms with E-state index in [0.717, 1.165) is 22.7 Å². The predicted octanol–water partition coefficient (Wildman–Crippen LogP) is 3.94. The van der Waals surface area contributed by atoms with E-state index in [1.54, 1.807) is 11.3 Å². The fraction of sp³-hybridized carbons (Fsp3) is 0.500. The summed E-state index contributed by atoms with van der Waals surface area (Å²) in [6, 6.07) is 4.15. The maximum Gasteiger partial charge on any atom is 0.336 e. The first-order valence-electron chi connectivity index (χ1n) is 8.67. The van der Waals surface area contributed by atoms with Gasteiger partial charge in [-0.3, -0.25) is 4.79 Å². The molecule has 2 heterocycles. The smallest absolute Gasteiger partial charge is 0.336 e. The number of thiophene rings is 1. The lowest BCUT2D eigenvalue weighted by Crippen LogP contribution is -2.43. The Kier molecular flexibility index (Phi) is 4.62. The SMILES string of the molecule is CCc1ccc(C2C(C(=O)OC)=C(C)NC3=CC(C)(C)CC(=O)C32)s1. The van der Waals surface area contributed by atoms with E-state index >= 15 is 0 Å². The molecule has 2 aliphatic rings. The molecule has 25 heavy (non-hydrogen) atoms. The van der Waals surface area contributed by atoms with Crippen LogP contribution in [-0.4, -0.2) is 18.9 Å². The van der Waals surface area contributed by atoms with Gasteiger partial charge in [0, 0.05) is 33.5 Å². The molecular formula is C20H25NO3S. The summed E-state index contributed by atoms with van der Waals surface area (Å²) >= 11 is 1.68. The molecule has 0 spiro atoms. The molecule has 4 nitrogen and oxygen atoms in total. The minimum absolute atomic E-state index is 0.173. The van der Waals surface area contributed by atoms with Crippen LogP contribution in [0.15, 0.2) is 35.2 Å². The Balaban J connectivity index is 2.18. The van der Waals surface area contributed by atoms with Gasteiger partial charge in [0.25, 0.3) is 0 Å². The van der Waals surface area contributed by atoms with Crippen molar-refractivity contribution >= 4 is 23.1 Å². The number of carbonyl (C=O) groups is 2. The molecule has 0 fully saturated rings. The van der Waals surface area contributed by atoms with Crippen molar-refractivity contribution in [2.45, 2.75) is 46.5 Å². The van der Waals surface area contributed by atoms with Gasteiger partial charge in [0.15, 0.2) is 0 Å². The number of ether oxygens (including phenoxy) is 1. The van der Waals surface area contributed by atoms with Crippen LogP contribution in [0, 0.1) is 11.3 Å². The van der Waals surface area contributed by atoms with E-state index in [9.17, 15) is 9.59 Å². The molecule has 1 N–H and O–H groups in total. The van der Waals surface area contributed by atoms with E-state index in [0.29, 0.717) is 12.0 Å². The van der Waals surface area contributed by atoms with Crippen LogP contribution in [0.2, 0.25) is 0 Å². The molecular weight excluding hydrogens is 334 g/mol. The van der Waals surface area contributed by atoms with Gasteiger partial charge in [0.2, 0.25) is 0 Å². The van der Waals surface area contributed by atoms with E-state index < -0.39 is 0 Å². The molecule has 1 aromatic heterocycles. The standard InChI is InChI=1S/C20H25NO3S/c1-6-12-7-8-15(25-12)18-16(19(23)24-5)11(2)21-13-9-20(3,4)10-14(22)17(13)18/h7-9,17-18,21H,6,10H2,1-5H3. The van der Waals surface area contributed by atoms with Crippen molar-refractivity contribution in [2.75, 3.05) is 7.11 Å². The Morgan fingerprint density at radius 3 is 2.68 bits per heavy atom. The number of hydrogen-bond acceptors (Lipinski definition) is 5. The van der Waals surface area contributed by atoms with Gasteiger partial charge in [-0.15, -0.1) is 11.3 Å². The molecule has 1 aliphatic carbocycles. The molecule has 2 unspecified atom stereocenters. The van der Waals surface area contributed by atoms with Gasteiger partial charge in [-0.05, 0) is 30.9 Å². The van der Waals surface area contributed by atoms with Crippen LogP contribution in [-0.2, 0) is 20.7 Å². The fourth-order valence-corrected chi connectivity index (χ4v) is 5.01. The summed E-state index contributed by atoms with van der Waals surface area (Å²) in [5, 5.41) is 3.31. The number of aryl methyl sites for hydroxylation is 1. The van der Waals surface area contributed by atoms with Crippen LogP contribution in [0.3, 0.4) is 0 Å². The highest BCUT2D eigenvalue weighted by Crippen LogP contribution is 2.48. The Morgan fingerprint density at radius 1 is 1.36 bits per heavy atom. The maximum absolute atomic E-state index is 13.0. The second-order valence-electron chi connectivity index (χ2n) is 7.50. The maximum atomic E-state index is 13.0. The van der Waals surface area contributed by atoms with Crippen molar-refractivity contribution in [2.24, 2.45) is 11.3 Å². The number of nitrogens with one attached hydrogen (secondary N) is 1.